The standard InChI is InChI=1S/C10H12Cl2N2O3S/c1-2-18(17)4-3-13-9-5-7(11)8(12)6-10(9)14(15)16/h5-6,13H,2-4H2,1H3. The van der Waals surface area contributed by atoms with Crippen molar-refractivity contribution in [1.82, 2.24) is 0 Å². The van der Waals surface area contributed by atoms with Crippen LogP contribution in [-0.4, -0.2) is 27.2 Å². The molecule has 100 valence electrons. The summed E-state index contributed by atoms with van der Waals surface area (Å²) in [6.07, 6.45) is 0. The van der Waals surface area contributed by atoms with Crippen molar-refractivity contribution in [1.29, 1.82) is 0 Å². The minimum Gasteiger partial charge on any atom is -0.379 e. The van der Waals surface area contributed by atoms with Crippen LogP contribution >= 0.6 is 23.2 Å². The highest BCUT2D eigenvalue weighted by atomic mass is 35.5. The van der Waals surface area contributed by atoms with E-state index >= 15 is 0 Å². The lowest BCUT2D eigenvalue weighted by molar-refractivity contribution is -0.383. The van der Waals surface area contributed by atoms with Crippen LogP contribution in [0, 0.1) is 10.1 Å². The summed E-state index contributed by atoms with van der Waals surface area (Å²) in [6.45, 7) is 2.19. The molecule has 5 nitrogen and oxygen atoms in total. The predicted octanol–water partition coefficient (Wildman–Crippen LogP) is 3.08. The van der Waals surface area contributed by atoms with E-state index in [9.17, 15) is 14.3 Å². The number of hydrogen-bond acceptors (Lipinski definition) is 4. The van der Waals surface area contributed by atoms with Gasteiger partial charge in [0.2, 0.25) is 0 Å². The molecule has 0 aliphatic heterocycles. The van der Waals surface area contributed by atoms with Crippen LogP contribution < -0.4 is 5.32 Å². The number of nitro groups is 1. The Morgan fingerprint density at radius 3 is 2.56 bits per heavy atom. The highest BCUT2D eigenvalue weighted by Gasteiger charge is 2.16. The fraction of sp³-hybridized carbons (Fsp3) is 0.400. The van der Waals surface area contributed by atoms with Crippen LogP contribution in [0.5, 0.6) is 0 Å². The number of nitrogens with zero attached hydrogens (tertiary/aromatic N) is 1. The molecule has 18 heavy (non-hydrogen) atoms. The fourth-order valence-corrected chi connectivity index (χ4v) is 2.21. The van der Waals surface area contributed by atoms with Gasteiger partial charge in [0, 0.05) is 34.9 Å². The van der Waals surface area contributed by atoms with Crippen LogP contribution in [0.25, 0.3) is 0 Å². The molecule has 0 saturated carbocycles. The van der Waals surface area contributed by atoms with Gasteiger partial charge in [-0.25, -0.2) is 0 Å². The maximum Gasteiger partial charge on any atom is 0.293 e. The summed E-state index contributed by atoms with van der Waals surface area (Å²) in [6, 6.07) is 2.60. The zero-order valence-corrected chi connectivity index (χ0v) is 11.9. The van der Waals surface area contributed by atoms with Crippen molar-refractivity contribution >= 4 is 45.4 Å². The number of hydrogen-bond donors (Lipinski definition) is 1. The summed E-state index contributed by atoms with van der Waals surface area (Å²) in [4.78, 5) is 10.3. The smallest absolute Gasteiger partial charge is 0.293 e. The average Bonchev–Trinajstić information content (AvgIpc) is 2.32. The molecular weight excluding hydrogens is 299 g/mol. The molecule has 0 fully saturated rings. The molecular formula is C10H12Cl2N2O3S. The summed E-state index contributed by atoms with van der Waals surface area (Å²) in [5, 5.41) is 14.1. The number of nitro benzene ring substituents is 1. The molecule has 1 aromatic carbocycles. The van der Waals surface area contributed by atoms with Gasteiger partial charge in [0.05, 0.1) is 15.0 Å². The number of halogens is 2. The van der Waals surface area contributed by atoms with Gasteiger partial charge in [-0.1, -0.05) is 30.1 Å². The molecule has 0 spiro atoms. The maximum atomic E-state index is 11.2. The number of benzene rings is 1. The topological polar surface area (TPSA) is 72.2 Å². The predicted molar refractivity (Wildman–Crippen MR) is 75.2 cm³/mol. The Labute approximate surface area is 117 Å². The molecule has 1 N–H and O–H groups in total. The summed E-state index contributed by atoms with van der Waals surface area (Å²) in [5.74, 6) is 0.985. The van der Waals surface area contributed by atoms with E-state index in [-0.39, 0.29) is 21.4 Å². The Morgan fingerprint density at radius 2 is 2.00 bits per heavy atom. The molecule has 1 rings (SSSR count). The van der Waals surface area contributed by atoms with Gasteiger partial charge < -0.3 is 5.32 Å². The molecule has 1 aromatic rings. The summed E-state index contributed by atoms with van der Waals surface area (Å²) in [5.41, 5.74) is 0.134. The van der Waals surface area contributed by atoms with E-state index in [1.54, 1.807) is 0 Å². The number of nitrogens with one attached hydrogen (secondary N) is 1. The molecule has 0 aromatic heterocycles. The molecule has 0 bridgehead atoms. The lowest BCUT2D eigenvalue weighted by Crippen LogP contribution is -2.12. The Kier molecular flexibility index (Phi) is 5.84. The summed E-state index contributed by atoms with van der Waals surface area (Å²) in [7, 11) is -0.919. The quantitative estimate of drug-likeness (QED) is 0.647. The van der Waals surface area contributed by atoms with E-state index in [2.05, 4.69) is 5.32 Å². The zero-order valence-electron chi connectivity index (χ0n) is 9.61. The zero-order chi connectivity index (χ0) is 13.7. The molecule has 1 atom stereocenters. The second-order valence-corrected chi connectivity index (χ2v) is 6.08. The van der Waals surface area contributed by atoms with Gasteiger partial charge in [-0.05, 0) is 6.07 Å². The second-order valence-electron chi connectivity index (χ2n) is 3.40. The Balaban J connectivity index is 2.83. The Bertz CT molecular complexity index is 482. The summed E-state index contributed by atoms with van der Waals surface area (Å²) >= 11 is 11.5. The molecule has 0 heterocycles. The van der Waals surface area contributed by atoms with Crippen molar-refractivity contribution in [2.75, 3.05) is 23.4 Å². The third-order valence-electron chi connectivity index (χ3n) is 2.20. The second kappa shape index (κ2) is 6.92. The van der Waals surface area contributed by atoms with Crippen LogP contribution in [0.3, 0.4) is 0 Å². The van der Waals surface area contributed by atoms with Crippen LogP contribution in [-0.2, 0) is 10.8 Å². The van der Waals surface area contributed by atoms with E-state index < -0.39 is 15.7 Å². The van der Waals surface area contributed by atoms with E-state index in [1.807, 2.05) is 6.92 Å². The van der Waals surface area contributed by atoms with Crippen LogP contribution in [0.15, 0.2) is 12.1 Å². The van der Waals surface area contributed by atoms with Crippen LogP contribution in [0.1, 0.15) is 6.92 Å². The van der Waals surface area contributed by atoms with Gasteiger partial charge in [0.1, 0.15) is 5.69 Å². The lowest BCUT2D eigenvalue weighted by atomic mass is 10.2. The Hall–Kier alpha value is -0.850. The van der Waals surface area contributed by atoms with Gasteiger partial charge in [0.15, 0.2) is 0 Å². The third kappa shape index (κ3) is 4.12. The van der Waals surface area contributed by atoms with Gasteiger partial charge in [-0.3, -0.25) is 14.3 Å². The monoisotopic (exact) mass is 310 g/mol. The van der Waals surface area contributed by atoms with Crippen molar-refractivity contribution in [2.24, 2.45) is 0 Å². The lowest BCUT2D eigenvalue weighted by Gasteiger charge is -2.08. The SMILES string of the molecule is CCS(=O)CCNc1cc(Cl)c(Cl)cc1[N+](=O)[O-]. The normalized spacial score (nSPS) is 12.2. The summed E-state index contributed by atoms with van der Waals surface area (Å²) < 4.78 is 11.2. The third-order valence-corrected chi connectivity index (χ3v) is 4.23. The molecule has 0 amide bonds. The van der Waals surface area contributed by atoms with E-state index in [0.717, 1.165) is 0 Å². The molecule has 0 aliphatic carbocycles. The highest BCUT2D eigenvalue weighted by molar-refractivity contribution is 7.84. The average molecular weight is 311 g/mol. The van der Waals surface area contributed by atoms with Crippen LogP contribution in [0.4, 0.5) is 11.4 Å². The molecule has 0 aliphatic rings. The van der Waals surface area contributed by atoms with Crippen molar-refractivity contribution < 1.29 is 9.13 Å². The highest BCUT2D eigenvalue weighted by Crippen LogP contribution is 2.33. The van der Waals surface area contributed by atoms with Crippen molar-refractivity contribution in [3.8, 4) is 0 Å². The molecule has 1 unspecified atom stereocenters. The van der Waals surface area contributed by atoms with Crippen molar-refractivity contribution in [2.45, 2.75) is 6.92 Å². The first-order valence-corrected chi connectivity index (χ1v) is 7.42. The maximum absolute atomic E-state index is 11.2. The van der Waals surface area contributed by atoms with Gasteiger partial charge in [-0.15, -0.1) is 0 Å². The minimum absolute atomic E-state index is 0.131. The van der Waals surface area contributed by atoms with E-state index in [4.69, 9.17) is 23.2 Å². The van der Waals surface area contributed by atoms with Gasteiger partial charge >= 0.3 is 0 Å². The first-order chi connectivity index (χ1) is 8.45. The number of rotatable bonds is 6. The van der Waals surface area contributed by atoms with Crippen molar-refractivity contribution in [3.05, 3.63) is 32.3 Å². The minimum atomic E-state index is -0.919. The first-order valence-electron chi connectivity index (χ1n) is 5.18. The van der Waals surface area contributed by atoms with Crippen LogP contribution in [0.2, 0.25) is 10.0 Å². The van der Waals surface area contributed by atoms with Gasteiger partial charge in [-0.2, -0.15) is 0 Å². The largest absolute Gasteiger partial charge is 0.379 e. The van der Waals surface area contributed by atoms with E-state index in [1.165, 1.54) is 12.1 Å². The van der Waals surface area contributed by atoms with Crippen molar-refractivity contribution in [3.63, 3.8) is 0 Å². The van der Waals surface area contributed by atoms with Gasteiger partial charge in [0.25, 0.3) is 5.69 Å². The number of anilines is 1. The Morgan fingerprint density at radius 1 is 1.39 bits per heavy atom. The molecule has 0 saturated heterocycles. The fourth-order valence-electron chi connectivity index (χ4n) is 1.27. The van der Waals surface area contributed by atoms with E-state index in [0.29, 0.717) is 18.1 Å². The molecule has 8 heteroatoms. The molecule has 0 radical (unpaired) electrons. The first kappa shape index (κ1) is 15.2.